The molecule has 0 aliphatic heterocycles. The molecule has 0 saturated carbocycles. The normalized spacial score (nSPS) is 14.3. The van der Waals surface area contributed by atoms with E-state index in [1.165, 1.54) is 22.3 Å². The van der Waals surface area contributed by atoms with Crippen molar-refractivity contribution in [1.29, 1.82) is 0 Å². The van der Waals surface area contributed by atoms with Gasteiger partial charge < -0.3 is 18.9 Å². The molecule has 8 heteroatoms. The quantitative estimate of drug-likeness (QED) is 0.0825. The van der Waals surface area contributed by atoms with E-state index in [0.29, 0.717) is 11.5 Å². The molecule has 234 valence electrons. The summed E-state index contributed by atoms with van der Waals surface area (Å²) in [6.07, 6.45) is 0. The highest BCUT2D eigenvalue weighted by molar-refractivity contribution is 7.81. The fourth-order valence-electron chi connectivity index (χ4n) is 5.57. The number of thiol groups is 2. The first-order valence-corrected chi connectivity index (χ1v) is 16.1. The van der Waals surface area contributed by atoms with Crippen LogP contribution in [0, 0.1) is 11.8 Å². The van der Waals surface area contributed by atoms with Gasteiger partial charge in [0.05, 0.1) is 17.3 Å². The van der Waals surface area contributed by atoms with E-state index in [2.05, 4.69) is 98.1 Å². The van der Waals surface area contributed by atoms with E-state index in [1.54, 1.807) is 27.7 Å². The Kier molecular flexibility index (Phi) is 10.1. The van der Waals surface area contributed by atoms with Crippen LogP contribution in [0.5, 0.6) is 11.5 Å². The van der Waals surface area contributed by atoms with Gasteiger partial charge in [0.25, 0.3) is 0 Å². The molecular formula is C37H38O6S2. The van der Waals surface area contributed by atoms with Crippen LogP contribution in [0.3, 0.4) is 0 Å². The number of carbonyl (C=O) groups excluding carboxylic acids is 2. The number of rotatable bonds is 12. The van der Waals surface area contributed by atoms with Crippen LogP contribution < -0.4 is 9.47 Å². The SMILES string of the molecule is CC(C)C(=O)OC(S)COc1ccc(C2(c3ccc(OCC(S)OC(=O)C(C)C)cc3)c3ccccc3-c3ccccc32)cc1. The van der Waals surface area contributed by atoms with Gasteiger partial charge in [-0.25, -0.2) is 0 Å². The lowest BCUT2D eigenvalue weighted by atomic mass is 9.68. The van der Waals surface area contributed by atoms with Gasteiger partial charge in [-0.05, 0) is 57.6 Å². The Balaban J connectivity index is 1.46. The minimum Gasteiger partial charge on any atom is -0.489 e. The van der Waals surface area contributed by atoms with Crippen molar-refractivity contribution in [2.45, 2.75) is 44.0 Å². The predicted molar refractivity (Wildman–Crippen MR) is 182 cm³/mol. The number of ether oxygens (including phenoxy) is 4. The maximum atomic E-state index is 11.9. The number of benzene rings is 4. The lowest BCUT2D eigenvalue weighted by Crippen LogP contribution is -2.28. The highest BCUT2D eigenvalue weighted by atomic mass is 32.1. The van der Waals surface area contributed by atoms with E-state index >= 15 is 0 Å². The zero-order valence-electron chi connectivity index (χ0n) is 25.8. The fourth-order valence-corrected chi connectivity index (χ4v) is 5.93. The molecule has 1 aliphatic carbocycles. The van der Waals surface area contributed by atoms with E-state index in [9.17, 15) is 9.59 Å². The van der Waals surface area contributed by atoms with Gasteiger partial charge in [0.1, 0.15) is 24.7 Å². The first-order valence-electron chi connectivity index (χ1n) is 15.0. The van der Waals surface area contributed by atoms with Gasteiger partial charge >= 0.3 is 11.9 Å². The van der Waals surface area contributed by atoms with Gasteiger partial charge in [0.15, 0.2) is 10.9 Å². The molecule has 6 nitrogen and oxygen atoms in total. The van der Waals surface area contributed by atoms with E-state index in [0.717, 1.165) is 11.1 Å². The van der Waals surface area contributed by atoms with E-state index in [1.807, 2.05) is 24.3 Å². The summed E-state index contributed by atoms with van der Waals surface area (Å²) >= 11 is 8.72. The molecule has 4 aromatic carbocycles. The molecule has 2 atom stereocenters. The molecule has 0 N–H and O–H groups in total. The van der Waals surface area contributed by atoms with Crippen LogP contribution in [0.25, 0.3) is 11.1 Å². The van der Waals surface area contributed by atoms with Crippen LogP contribution in [0.2, 0.25) is 0 Å². The Bertz CT molecular complexity index is 1510. The van der Waals surface area contributed by atoms with Gasteiger partial charge in [0.2, 0.25) is 0 Å². The predicted octanol–water partition coefficient (Wildman–Crippen LogP) is 7.72. The highest BCUT2D eigenvalue weighted by Crippen LogP contribution is 2.56. The number of hydrogen-bond donors (Lipinski definition) is 2. The van der Waals surface area contributed by atoms with E-state index < -0.39 is 16.3 Å². The summed E-state index contributed by atoms with van der Waals surface area (Å²) < 4.78 is 22.5. The summed E-state index contributed by atoms with van der Waals surface area (Å²) in [6, 6.07) is 33.1. The smallest absolute Gasteiger partial charge is 0.309 e. The zero-order chi connectivity index (χ0) is 32.1. The third kappa shape index (κ3) is 6.87. The first-order chi connectivity index (χ1) is 21.6. The lowest BCUT2D eigenvalue weighted by Gasteiger charge is -2.34. The zero-order valence-corrected chi connectivity index (χ0v) is 27.6. The summed E-state index contributed by atoms with van der Waals surface area (Å²) in [5, 5.41) is 0. The topological polar surface area (TPSA) is 71.1 Å². The average molecular weight is 643 g/mol. The maximum Gasteiger partial charge on any atom is 0.309 e. The Hall–Kier alpha value is -3.88. The highest BCUT2D eigenvalue weighted by Gasteiger charge is 2.45. The van der Waals surface area contributed by atoms with Gasteiger partial charge in [-0.1, -0.05) is 100 Å². The Morgan fingerprint density at radius 3 is 1.29 bits per heavy atom. The second kappa shape index (κ2) is 14.0. The minimum atomic E-state index is -0.666. The summed E-state index contributed by atoms with van der Waals surface area (Å²) in [6.45, 7) is 7.38. The summed E-state index contributed by atoms with van der Waals surface area (Å²) in [4.78, 5) is 23.8. The van der Waals surface area contributed by atoms with Crippen LogP contribution in [0.4, 0.5) is 0 Å². The van der Waals surface area contributed by atoms with E-state index in [-0.39, 0.29) is 37.0 Å². The number of hydrogen-bond acceptors (Lipinski definition) is 8. The van der Waals surface area contributed by atoms with Gasteiger partial charge in [-0.3, -0.25) is 9.59 Å². The standard InChI is InChI=1S/C37H38O6S2/c1-23(2)35(38)42-33(44)21-40-27-17-13-25(14-18-27)37(31-11-7-5-9-29(31)30-10-6-8-12-32(30)37)26-15-19-28(20-16-26)41-22-34(45)43-36(39)24(3)4/h5-20,23-24,33-34,44-45H,21-22H2,1-4H3. The molecule has 0 fully saturated rings. The number of esters is 2. The lowest BCUT2D eigenvalue weighted by molar-refractivity contribution is -0.150. The van der Waals surface area contributed by atoms with Gasteiger partial charge in [-0.15, -0.1) is 25.3 Å². The van der Waals surface area contributed by atoms with Crippen molar-refractivity contribution < 1.29 is 28.5 Å². The van der Waals surface area contributed by atoms with Crippen molar-refractivity contribution in [2.75, 3.05) is 13.2 Å². The second-order valence-electron chi connectivity index (χ2n) is 11.6. The van der Waals surface area contributed by atoms with Crippen molar-refractivity contribution in [3.8, 4) is 22.6 Å². The first kappa shape index (κ1) is 32.5. The third-order valence-electron chi connectivity index (χ3n) is 7.76. The fraction of sp³-hybridized carbons (Fsp3) is 0.297. The van der Waals surface area contributed by atoms with Crippen molar-refractivity contribution in [2.24, 2.45) is 11.8 Å². The molecule has 1 aliphatic rings. The van der Waals surface area contributed by atoms with Crippen LogP contribution in [-0.4, -0.2) is 36.0 Å². The van der Waals surface area contributed by atoms with Crippen molar-refractivity contribution in [3.05, 3.63) is 119 Å². The Labute approximate surface area is 275 Å². The number of carbonyl (C=O) groups is 2. The molecule has 2 unspecified atom stereocenters. The molecule has 45 heavy (non-hydrogen) atoms. The van der Waals surface area contributed by atoms with Gasteiger partial charge in [-0.2, -0.15) is 0 Å². The van der Waals surface area contributed by atoms with E-state index in [4.69, 9.17) is 18.9 Å². The Morgan fingerprint density at radius 2 is 0.933 bits per heavy atom. The monoisotopic (exact) mass is 642 g/mol. The second-order valence-corrected chi connectivity index (χ2v) is 12.8. The van der Waals surface area contributed by atoms with Crippen molar-refractivity contribution in [1.82, 2.24) is 0 Å². The molecule has 0 heterocycles. The molecular weight excluding hydrogens is 605 g/mol. The molecule has 5 rings (SSSR count). The molecule has 0 saturated heterocycles. The molecule has 0 radical (unpaired) electrons. The molecule has 0 bridgehead atoms. The summed E-state index contributed by atoms with van der Waals surface area (Å²) in [5.74, 6) is 0.203. The third-order valence-corrected chi connectivity index (χ3v) is 8.27. The van der Waals surface area contributed by atoms with Crippen LogP contribution in [0.1, 0.15) is 49.9 Å². The molecule has 4 aromatic rings. The Morgan fingerprint density at radius 1 is 0.578 bits per heavy atom. The molecule has 0 spiro atoms. The van der Waals surface area contributed by atoms with Crippen molar-refractivity contribution in [3.63, 3.8) is 0 Å². The maximum absolute atomic E-state index is 11.9. The van der Waals surface area contributed by atoms with Crippen LogP contribution in [-0.2, 0) is 24.5 Å². The minimum absolute atomic E-state index is 0.128. The molecule has 0 amide bonds. The summed E-state index contributed by atoms with van der Waals surface area (Å²) in [7, 11) is 0. The molecule has 0 aromatic heterocycles. The van der Waals surface area contributed by atoms with Crippen LogP contribution in [0.15, 0.2) is 97.1 Å². The van der Waals surface area contributed by atoms with Crippen molar-refractivity contribution >= 4 is 37.2 Å². The van der Waals surface area contributed by atoms with Crippen LogP contribution >= 0.6 is 25.3 Å². The largest absolute Gasteiger partial charge is 0.489 e. The average Bonchev–Trinajstić information content (AvgIpc) is 3.34. The van der Waals surface area contributed by atoms with Gasteiger partial charge in [0, 0.05) is 0 Å². The summed E-state index contributed by atoms with van der Waals surface area (Å²) in [5.41, 5.74) is 4.95. The number of fused-ring (bicyclic) bond motifs is 3.